The van der Waals surface area contributed by atoms with Crippen molar-refractivity contribution in [3.63, 3.8) is 0 Å². The number of allylic oxidation sites excluding steroid dienone is 1. The summed E-state index contributed by atoms with van der Waals surface area (Å²) in [5.74, 6) is 0.657. The molecule has 0 saturated heterocycles. The van der Waals surface area contributed by atoms with E-state index in [1.165, 1.54) is 17.0 Å². The highest BCUT2D eigenvalue weighted by Gasteiger charge is 2.11. The number of hydrogen-bond acceptors (Lipinski definition) is 4. The Morgan fingerprint density at radius 3 is 2.58 bits per heavy atom. The van der Waals surface area contributed by atoms with Gasteiger partial charge in [-0.15, -0.1) is 5.10 Å². The van der Waals surface area contributed by atoms with Crippen molar-refractivity contribution in [3.8, 4) is 11.4 Å². The molecule has 0 N–H and O–H groups in total. The van der Waals surface area contributed by atoms with Gasteiger partial charge in [0, 0.05) is 0 Å². The second-order valence-electron chi connectivity index (χ2n) is 5.07. The number of rotatable bonds is 6. The van der Waals surface area contributed by atoms with Crippen LogP contribution in [0.4, 0.5) is 0 Å². The average molecular weight is 319 g/mol. The van der Waals surface area contributed by atoms with Crippen LogP contribution in [-0.2, 0) is 0 Å². The molecule has 2 aromatic carbocycles. The predicted octanol–water partition coefficient (Wildman–Crippen LogP) is 3.56. The number of ketones is 1. The molecule has 0 spiro atoms. The summed E-state index contributed by atoms with van der Waals surface area (Å²) in [5.41, 5.74) is 2.14. The first-order valence-electron chi connectivity index (χ1n) is 7.69. The van der Waals surface area contributed by atoms with Crippen LogP contribution in [0.25, 0.3) is 11.8 Å². The average Bonchev–Trinajstić information content (AvgIpc) is 3.12. The van der Waals surface area contributed by atoms with E-state index in [0.29, 0.717) is 12.3 Å². The zero-order valence-electron chi connectivity index (χ0n) is 13.3. The molecule has 0 aliphatic rings. The maximum atomic E-state index is 12.4. The minimum Gasteiger partial charge on any atom is -0.494 e. The van der Waals surface area contributed by atoms with Crippen molar-refractivity contribution < 1.29 is 9.53 Å². The first-order valence-corrected chi connectivity index (χ1v) is 7.69. The van der Waals surface area contributed by atoms with Crippen molar-refractivity contribution in [1.29, 1.82) is 0 Å². The van der Waals surface area contributed by atoms with Gasteiger partial charge in [0.2, 0.25) is 5.78 Å². The molecule has 0 bridgehead atoms. The fraction of sp³-hybridized carbons (Fsp3) is 0.105. The zero-order valence-corrected chi connectivity index (χ0v) is 13.3. The molecule has 0 radical (unpaired) electrons. The van der Waals surface area contributed by atoms with Crippen LogP contribution >= 0.6 is 0 Å². The highest BCUT2D eigenvalue weighted by Crippen LogP contribution is 2.14. The van der Waals surface area contributed by atoms with Gasteiger partial charge in [-0.1, -0.05) is 41.6 Å². The lowest BCUT2D eigenvalue weighted by Gasteiger charge is -2.03. The topological polar surface area (TPSA) is 57.0 Å². The molecule has 3 aromatic rings. The number of benzene rings is 2. The Balaban J connectivity index is 1.77. The van der Waals surface area contributed by atoms with Crippen molar-refractivity contribution in [2.45, 2.75) is 6.92 Å². The summed E-state index contributed by atoms with van der Waals surface area (Å²) in [7, 11) is 0. The summed E-state index contributed by atoms with van der Waals surface area (Å²) in [6.45, 7) is 2.57. The van der Waals surface area contributed by atoms with Crippen LogP contribution < -0.4 is 4.74 Å². The van der Waals surface area contributed by atoms with Crippen LogP contribution in [0.3, 0.4) is 0 Å². The Bertz CT molecular complexity index is 837. The summed E-state index contributed by atoms with van der Waals surface area (Å²) in [6.07, 6.45) is 4.76. The highest BCUT2D eigenvalue weighted by atomic mass is 16.5. The second kappa shape index (κ2) is 7.37. The molecular weight excluding hydrogens is 302 g/mol. The Kier molecular flexibility index (Phi) is 4.81. The van der Waals surface area contributed by atoms with Gasteiger partial charge in [-0.3, -0.25) is 4.79 Å². The molecule has 0 unspecified atom stereocenters. The summed E-state index contributed by atoms with van der Waals surface area (Å²) in [6, 6.07) is 17.0. The largest absolute Gasteiger partial charge is 0.494 e. The van der Waals surface area contributed by atoms with Gasteiger partial charge in [-0.2, -0.15) is 0 Å². The fourth-order valence-corrected chi connectivity index (χ4v) is 2.26. The first kappa shape index (κ1) is 15.7. The van der Waals surface area contributed by atoms with E-state index in [0.717, 1.165) is 17.0 Å². The molecule has 1 heterocycles. The standard InChI is InChI=1S/C19H17N3O2/c1-2-24-17-11-8-15(9-12-17)10-13-19(23)18-14-20-21-22(18)16-6-4-3-5-7-16/h3-14H,2H2,1H3. The summed E-state index contributed by atoms with van der Waals surface area (Å²) >= 11 is 0. The van der Waals surface area contributed by atoms with E-state index >= 15 is 0 Å². The number of para-hydroxylation sites is 1. The molecule has 0 saturated carbocycles. The summed E-state index contributed by atoms with van der Waals surface area (Å²) in [4.78, 5) is 12.4. The smallest absolute Gasteiger partial charge is 0.205 e. The molecule has 24 heavy (non-hydrogen) atoms. The van der Waals surface area contributed by atoms with Gasteiger partial charge in [-0.05, 0) is 42.8 Å². The predicted molar refractivity (Wildman–Crippen MR) is 92.3 cm³/mol. The number of carbonyl (C=O) groups is 1. The van der Waals surface area contributed by atoms with Gasteiger partial charge >= 0.3 is 0 Å². The van der Waals surface area contributed by atoms with Crippen LogP contribution in [0.15, 0.2) is 66.9 Å². The Labute approximate surface area is 140 Å². The monoisotopic (exact) mass is 319 g/mol. The normalized spacial score (nSPS) is 10.9. The maximum Gasteiger partial charge on any atom is 0.205 e. The first-order chi connectivity index (χ1) is 11.8. The molecule has 0 fully saturated rings. The third kappa shape index (κ3) is 3.57. The number of hydrogen-bond donors (Lipinski definition) is 0. The number of carbonyl (C=O) groups excluding carboxylic acids is 1. The van der Waals surface area contributed by atoms with Crippen LogP contribution in [0.2, 0.25) is 0 Å². The Morgan fingerprint density at radius 2 is 1.88 bits per heavy atom. The molecule has 3 rings (SSSR count). The summed E-state index contributed by atoms with van der Waals surface area (Å²) < 4.78 is 6.93. The molecule has 5 heteroatoms. The lowest BCUT2D eigenvalue weighted by atomic mass is 10.1. The molecule has 1 aromatic heterocycles. The van der Waals surface area contributed by atoms with Gasteiger partial charge in [0.15, 0.2) is 0 Å². The van der Waals surface area contributed by atoms with Crippen LogP contribution in [0.1, 0.15) is 23.0 Å². The van der Waals surface area contributed by atoms with Gasteiger partial charge < -0.3 is 4.74 Å². The highest BCUT2D eigenvalue weighted by molar-refractivity contribution is 6.05. The Morgan fingerprint density at radius 1 is 1.12 bits per heavy atom. The third-order valence-corrected chi connectivity index (χ3v) is 3.42. The molecule has 5 nitrogen and oxygen atoms in total. The minimum absolute atomic E-state index is 0.155. The van der Waals surface area contributed by atoms with E-state index in [4.69, 9.17) is 4.74 Å². The molecule has 0 aliphatic carbocycles. The van der Waals surface area contributed by atoms with Gasteiger partial charge in [0.1, 0.15) is 11.4 Å². The zero-order chi connectivity index (χ0) is 16.8. The van der Waals surface area contributed by atoms with Crippen molar-refractivity contribution in [1.82, 2.24) is 15.0 Å². The SMILES string of the molecule is CCOc1ccc(C=CC(=O)c2cnnn2-c2ccccc2)cc1. The molecule has 120 valence electrons. The third-order valence-electron chi connectivity index (χ3n) is 3.42. The van der Waals surface area contributed by atoms with Gasteiger partial charge in [0.05, 0.1) is 18.5 Å². The van der Waals surface area contributed by atoms with Crippen LogP contribution in [-0.4, -0.2) is 27.4 Å². The minimum atomic E-state index is -0.155. The maximum absolute atomic E-state index is 12.4. The van der Waals surface area contributed by atoms with Gasteiger partial charge in [-0.25, -0.2) is 4.68 Å². The van der Waals surface area contributed by atoms with Crippen molar-refractivity contribution >= 4 is 11.9 Å². The van der Waals surface area contributed by atoms with E-state index in [1.54, 1.807) is 6.08 Å². The van der Waals surface area contributed by atoms with Crippen LogP contribution in [0, 0.1) is 0 Å². The molecule has 0 atom stereocenters. The second-order valence-corrected chi connectivity index (χ2v) is 5.07. The Hall–Kier alpha value is -3.21. The van der Waals surface area contributed by atoms with Crippen LogP contribution in [0.5, 0.6) is 5.75 Å². The van der Waals surface area contributed by atoms with E-state index in [1.807, 2.05) is 61.5 Å². The van der Waals surface area contributed by atoms with E-state index in [2.05, 4.69) is 10.3 Å². The van der Waals surface area contributed by atoms with Crippen molar-refractivity contribution in [3.05, 3.63) is 78.1 Å². The number of nitrogens with zero attached hydrogens (tertiary/aromatic N) is 3. The molecular formula is C19H17N3O2. The fourth-order valence-electron chi connectivity index (χ4n) is 2.26. The molecule has 0 aliphatic heterocycles. The number of ether oxygens (including phenoxy) is 1. The summed E-state index contributed by atoms with van der Waals surface area (Å²) in [5, 5.41) is 7.84. The number of aromatic nitrogens is 3. The van der Waals surface area contributed by atoms with Crippen molar-refractivity contribution in [2.75, 3.05) is 6.61 Å². The van der Waals surface area contributed by atoms with E-state index in [-0.39, 0.29) is 5.78 Å². The van der Waals surface area contributed by atoms with Crippen molar-refractivity contribution in [2.24, 2.45) is 0 Å². The lowest BCUT2D eigenvalue weighted by Crippen LogP contribution is -2.06. The van der Waals surface area contributed by atoms with E-state index < -0.39 is 0 Å². The quantitative estimate of drug-likeness (QED) is 0.515. The lowest BCUT2D eigenvalue weighted by molar-refractivity contribution is 0.104. The molecule has 0 amide bonds. The van der Waals surface area contributed by atoms with E-state index in [9.17, 15) is 4.79 Å². The van der Waals surface area contributed by atoms with Gasteiger partial charge in [0.25, 0.3) is 0 Å².